The molecule has 0 aliphatic rings. The first-order valence-corrected chi connectivity index (χ1v) is 9.88. The van der Waals surface area contributed by atoms with Crippen LogP contribution in [-0.4, -0.2) is 19.8 Å². The predicted molar refractivity (Wildman–Crippen MR) is 104 cm³/mol. The summed E-state index contributed by atoms with van der Waals surface area (Å²) in [4.78, 5) is 0. The molecule has 0 saturated heterocycles. The van der Waals surface area contributed by atoms with Gasteiger partial charge in [-0.05, 0) is 55.0 Å². The number of hydrogen-bond acceptors (Lipinski definition) is 3. The molecule has 25 heavy (non-hydrogen) atoms. The maximum atomic E-state index is 11.8. The van der Waals surface area contributed by atoms with Gasteiger partial charge in [0.15, 0.2) is 0 Å². The molecule has 0 aliphatic heterocycles. The lowest BCUT2D eigenvalue weighted by molar-refractivity contribution is 0.483. The van der Waals surface area contributed by atoms with Gasteiger partial charge >= 0.3 is 0 Å². The van der Waals surface area contributed by atoms with Crippen LogP contribution in [0.25, 0.3) is 21.9 Å². The highest BCUT2D eigenvalue weighted by atomic mass is 32.2. The molecule has 0 fully saturated rings. The minimum atomic E-state index is -3.44. The second kappa shape index (κ2) is 6.08. The molecule has 130 valence electrons. The third-order valence-electron chi connectivity index (χ3n) is 4.62. The van der Waals surface area contributed by atoms with Crippen molar-refractivity contribution in [3.63, 3.8) is 0 Å². The first-order valence-electron chi connectivity index (χ1n) is 7.98. The van der Waals surface area contributed by atoms with Crippen molar-refractivity contribution in [2.75, 3.05) is 11.0 Å². The molecule has 0 aromatic heterocycles. The number of phenols is 1. The topological polar surface area (TPSA) is 66.4 Å². The first-order chi connectivity index (χ1) is 11.7. The zero-order valence-electron chi connectivity index (χ0n) is 14.7. The van der Waals surface area contributed by atoms with Gasteiger partial charge in [0.2, 0.25) is 10.0 Å². The zero-order chi connectivity index (χ0) is 18.4. The number of anilines is 1. The number of sulfonamides is 1. The van der Waals surface area contributed by atoms with Gasteiger partial charge < -0.3 is 5.11 Å². The molecule has 0 spiro atoms. The van der Waals surface area contributed by atoms with Crippen molar-refractivity contribution in [2.24, 2.45) is 0 Å². The lowest BCUT2D eigenvalue weighted by atomic mass is 9.90. The minimum Gasteiger partial charge on any atom is -0.507 e. The highest BCUT2D eigenvalue weighted by Gasteiger charge is 2.19. The van der Waals surface area contributed by atoms with Crippen LogP contribution in [0.1, 0.15) is 16.7 Å². The SMILES string of the molecule is Cc1cc(NS(C)(=O)=O)c(-c2ccc3ccccc3c2O)c(C)c1C. The lowest BCUT2D eigenvalue weighted by Crippen LogP contribution is -2.12. The molecule has 0 aliphatic carbocycles. The molecule has 0 heterocycles. The number of fused-ring (bicyclic) bond motifs is 1. The van der Waals surface area contributed by atoms with Crippen molar-refractivity contribution < 1.29 is 13.5 Å². The smallest absolute Gasteiger partial charge is 0.229 e. The van der Waals surface area contributed by atoms with Crippen molar-refractivity contribution in [3.05, 3.63) is 59.2 Å². The van der Waals surface area contributed by atoms with Gasteiger partial charge in [-0.1, -0.05) is 30.3 Å². The normalized spacial score (nSPS) is 11.7. The fourth-order valence-corrected chi connectivity index (χ4v) is 3.73. The van der Waals surface area contributed by atoms with E-state index in [1.165, 1.54) is 0 Å². The van der Waals surface area contributed by atoms with Gasteiger partial charge in [0.25, 0.3) is 0 Å². The second-order valence-corrected chi connectivity index (χ2v) is 8.17. The minimum absolute atomic E-state index is 0.154. The molecule has 2 N–H and O–H groups in total. The van der Waals surface area contributed by atoms with Gasteiger partial charge in [-0.3, -0.25) is 4.72 Å². The number of hydrogen-bond donors (Lipinski definition) is 2. The molecule has 0 atom stereocenters. The van der Waals surface area contributed by atoms with Crippen LogP contribution in [0.3, 0.4) is 0 Å². The molecule has 3 aromatic carbocycles. The lowest BCUT2D eigenvalue weighted by Gasteiger charge is -2.19. The number of aryl methyl sites for hydroxylation is 1. The molecule has 0 amide bonds. The molecule has 3 rings (SSSR count). The van der Waals surface area contributed by atoms with Crippen LogP contribution in [0.5, 0.6) is 5.75 Å². The van der Waals surface area contributed by atoms with E-state index in [4.69, 9.17) is 0 Å². The van der Waals surface area contributed by atoms with Crippen LogP contribution in [-0.2, 0) is 10.0 Å². The van der Waals surface area contributed by atoms with E-state index in [0.717, 1.165) is 33.7 Å². The van der Waals surface area contributed by atoms with E-state index in [9.17, 15) is 13.5 Å². The Bertz CT molecular complexity index is 1090. The Morgan fingerprint density at radius 2 is 1.64 bits per heavy atom. The summed E-state index contributed by atoms with van der Waals surface area (Å²) >= 11 is 0. The Labute approximate surface area is 148 Å². The van der Waals surface area contributed by atoms with Crippen LogP contribution >= 0.6 is 0 Å². The summed E-state index contributed by atoms with van der Waals surface area (Å²) < 4.78 is 26.2. The molecular formula is C20H21NO3S. The van der Waals surface area contributed by atoms with Gasteiger partial charge in [0.05, 0.1) is 11.9 Å². The maximum absolute atomic E-state index is 11.8. The molecule has 3 aromatic rings. The summed E-state index contributed by atoms with van der Waals surface area (Å²) in [5.74, 6) is 0.154. The fraction of sp³-hybridized carbons (Fsp3) is 0.200. The fourth-order valence-electron chi connectivity index (χ4n) is 3.17. The Balaban J connectivity index is 2.37. The molecule has 0 bridgehead atoms. The summed E-state index contributed by atoms with van der Waals surface area (Å²) in [5, 5.41) is 12.5. The molecule has 0 radical (unpaired) electrons. The highest BCUT2D eigenvalue weighted by molar-refractivity contribution is 7.92. The number of rotatable bonds is 3. The first kappa shape index (κ1) is 17.3. The standard InChI is InChI=1S/C20H21NO3S/c1-12-11-18(21-25(4,23)24)19(14(3)13(12)2)17-10-9-15-7-5-6-8-16(15)20(17)22/h5-11,21-22H,1-4H3. The van der Waals surface area contributed by atoms with Gasteiger partial charge in [-0.25, -0.2) is 8.42 Å². The Morgan fingerprint density at radius 3 is 2.32 bits per heavy atom. The zero-order valence-corrected chi connectivity index (χ0v) is 15.5. The second-order valence-electron chi connectivity index (χ2n) is 6.42. The number of aromatic hydroxyl groups is 1. The average molecular weight is 355 g/mol. The predicted octanol–water partition coefficient (Wildman–Crippen LogP) is 4.51. The van der Waals surface area contributed by atoms with Gasteiger partial charge in [-0.15, -0.1) is 0 Å². The van der Waals surface area contributed by atoms with Crippen LogP contribution in [0.2, 0.25) is 0 Å². The van der Waals surface area contributed by atoms with Crippen molar-refractivity contribution in [2.45, 2.75) is 20.8 Å². The van der Waals surface area contributed by atoms with Gasteiger partial charge in [0.1, 0.15) is 5.75 Å². The molecule has 0 saturated carbocycles. The van der Waals surface area contributed by atoms with E-state index >= 15 is 0 Å². The van der Waals surface area contributed by atoms with E-state index in [1.54, 1.807) is 0 Å². The quantitative estimate of drug-likeness (QED) is 0.726. The molecule has 4 nitrogen and oxygen atoms in total. The third kappa shape index (κ3) is 3.20. The van der Waals surface area contributed by atoms with Gasteiger partial charge in [-0.2, -0.15) is 0 Å². The summed E-state index contributed by atoms with van der Waals surface area (Å²) in [6.45, 7) is 5.88. The van der Waals surface area contributed by atoms with Crippen molar-refractivity contribution in [1.29, 1.82) is 0 Å². The van der Waals surface area contributed by atoms with Crippen molar-refractivity contribution in [3.8, 4) is 16.9 Å². The number of phenolic OH excluding ortho intramolecular Hbond substituents is 1. The van der Waals surface area contributed by atoms with Crippen LogP contribution in [0.15, 0.2) is 42.5 Å². The van der Waals surface area contributed by atoms with E-state index in [-0.39, 0.29) is 5.75 Å². The number of nitrogens with one attached hydrogen (secondary N) is 1. The molecule has 0 unspecified atom stereocenters. The Kier molecular flexibility index (Phi) is 4.21. The van der Waals surface area contributed by atoms with Crippen molar-refractivity contribution >= 4 is 26.5 Å². The van der Waals surface area contributed by atoms with Crippen molar-refractivity contribution in [1.82, 2.24) is 0 Å². The monoisotopic (exact) mass is 355 g/mol. The van der Waals surface area contributed by atoms with E-state index in [2.05, 4.69) is 4.72 Å². The Hall–Kier alpha value is -2.53. The van der Waals surface area contributed by atoms with E-state index < -0.39 is 10.0 Å². The number of benzene rings is 3. The summed E-state index contributed by atoms with van der Waals surface area (Å²) in [7, 11) is -3.44. The summed E-state index contributed by atoms with van der Waals surface area (Å²) in [6, 6.07) is 13.2. The summed E-state index contributed by atoms with van der Waals surface area (Å²) in [6.07, 6.45) is 1.13. The van der Waals surface area contributed by atoms with E-state index in [1.807, 2.05) is 63.2 Å². The van der Waals surface area contributed by atoms with Crippen LogP contribution in [0, 0.1) is 20.8 Å². The van der Waals surface area contributed by atoms with Gasteiger partial charge in [0, 0.05) is 16.5 Å². The Morgan fingerprint density at radius 1 is 0.960 bits per heavy atom. The van der Waals surface area contributed by atoms with E-state index in [0.29, 0.717) is 16.8 Å². The largest absolute Gasteiger partial charge is 0.507 e. The molecule has 5 heteroatoms. The molecular weight excluding hydrogens is 334 g/mol. The highest BCUT2D eigenvalue weighted by Crippen LogP contribution is 2.42. The maximum Gasteiger partial charge on any atom is 0.229 e. The van der Waals surface area contributed by atoms with Crippen LogP contribution in [0.4, 0.5) is 5.69 Å². The average Bonchev–Trinajstić information content (AvgIpc) is 2.53. The summed E-state index contributed by atoms with van der Waals surface area (Å²) in [5.41, 5.74) is 4.81. The third-order valence-corrected chi connectivity index (χ3v) is 5.22. The van der Waals surface area contributed by atoms with Crippen LogP contribution < -0.4 is 4.72 Å².